The number of para-hydroxylation sites is 2. The number of halogens is 1. The molecule has 2 amide bonds. The topological polar surface area (TPSA) is 68.6 Å². The summed E-state index contributed by atoms with van der Waals surface area (Å²) in [5.74, 6) is 0.0244. The first kappa shape index (κ1) is 25.7. The van der Waals surface area contributed by atoms with Crippen LogP contribution in [0.25, 0.3) is 5.69 Å². The summed E-state index contributed by atoms with van der Waals surface area (Å²) in [6, 6.07) is 15.7. The smallest absolute Gasteiger partial charge is 0.318 e. The van der Waals surface area contributed by atoms with Gasteiger partial charge in [0, 0.05) is 18.7 Å². The number of urea groups is 1. The monoisotopic (exact) mass is 494 g/mol. The van der Waals surface area contributed by atoms with Crippen LogP contribution in [0.5, 0.6) is 11.6 Å². The lowest BCUT2D eigenvalue weighted by Gasteiger charge is -2.30. The number of carbonyl (C=O) groups excluding carboxylic acids is 1. The highest BCUT2D eigenvalue weighted by molar-refractivity contribution is 5.75. The van der Waals surface area contributed by atoms with Crippen molar-refractivity contribution in [1.29, 1.82) is 0 Å². The highest BCUT2D eigenvalue weighted by Gasteiger charge is 2.29. The van der Waals surface area contributed by atoms with Crippen molar-refractivity contribution in [2.75, 3.05) is 13.2 Å². The number of ether oxygens (including phenoxy) is 2. The van der Waals surface area contributed by atoms with Crippen LogP contribution in [0.2, 0.25) is 0 Å². The fraction of sp³-hybridized carbons (Fsp3) is 0.429. The van der Waals surface area contributed by atoms with E-state index in [1.165, 1.54) is 6.07 Å². The van der Waals surface area contributed by atoms with E-state index < -0.39 is 11.4 Å². The van der Waals surface area contributed by atoms with Gasteiger partial charge in [-0.2, -0.15) is 5.10 Å². The van der Waals surface area contributed by atoms with E-state index in [0.29, 0.717) is 25.5 Å². The number of benzene rings is 2. The molecule has 0 aliphatic carbocycles. The highest BCUT2D eigenvalue weighted by atomic mass is 19.1. The minimum Gasteiger partial charge on any atom is -0.435 e. The van der Waals surface area contributed by atoms with Crippen LogP contribution in [0.4, 0.5) is 9.18 Å². The van der Waals surface area contributed by atoms with Gasteiger partial charge in [-0.3, -0.25) is 0 Å². The number of amides is 2. The summed E-state index contributed by atoms with van der Waals surface area (Å²) in [5.41, 5.74) is 1.91. The second-order valence-corrected chi connectivity index (χ2v) is 10.1. The van der Waals surface area contributed by atoms with Crippen LogP contribution in [-0.2, 0) is 17.7 Å². The van der Waals surface area contributed by atoms with Gasteiger partial charge in [-0.15, -0.1) is 0 Å². The highest BCUT2D eigenvalue weighted by Crippen LogP contribution is 2.33. The Morgan fingerprint density at radius 1 is 1.19 bits per heavy atom. The fourth-order valence-electron chi connectivity index (χ4n) is 4.25. The van der Waals surface area contributed by atoms with Crippen molar-refractivity contribution < 1.29 is 18.7 Å². The quantitative estimate of drug-likeness (QED) is 0.426. The normalized spacial score (nSPS) is 15.6. The van der Waals surface area contributed by atoms with Crippen molar-refractivity contribution in [3.05, 3.63) is 71.7 Å². The van der Waals surface area contributed by atoms with Gasteiger partial charge in [0.1, 0.15) is 0 Å². The van der Waals surface area contributed by atoms with Gasteiger partial charge in [0.25, 0.3) is 0 Å². The van der Waals surface area contributed by atoms with Crippen molar-refractivity contribution >= 4 is 6.03 Å². The molecule has 36 heavy (non-hydrogen) atoms. The van der Waals surface area contributed by atoms with E-state index in [4.69, 9.17) is 14.6 Å². The van der Waals surface area contributed by atoms with Crippen molar-refractivity contribution in [2.24, 2.45) is 0 Å². The predicted octanol–water partition coefficient (Wildman–Crippen LogP) is 5.86. The van der Waals surface area contributed by atoms with Crippen molar-refractivity contribution in [2.45, 2.75) is 65.1 Å². The third-order valence-electron chi connectivity index (χ3n) is 5.96. The number of carbonyl (C=O) groups is 1. The summed E-state index contributed by atoms with van der Waals surface area (Å²) in [6.45, 7) is 9.26. The molecule has 192 valence electrons. The van der Waals surface area contributed by atoms with E-state index in [1.54, 1.807) is 27.8 Å². The molecule has 1 aliphatic rings. The van der Waals surface area contributed by atoms with Gasteiger partial charge in [-0.25, -0.2) is 13.9 Å². The maximum absolute atomic E-state index is 14.6. The second-order valence-electron chi connectivity index (χ2n) is 10.1. The molecule has 2 aromatic carbocycles. The summed E-state index contributed by atoms with van der Waals surface area (Å²) < 4.78 is 28.4. The van der Waals surface area contributed by atoms with Crippen LogP contribution in [0.3, 0.4) is 0 Å². The standard InChI is InChI=1S/C28H35FN4O3/c1-5-24-22(19-32(18-21-14-11-17-35-21)27(34)30-28(2,3)4)26(36-25-16-10-9-15-23(25)29)33(31-24)20-12-7-6-8-13-20/h6-10,12-13,15-16,21H,5,11,14,17-19H2,1-4H3,(H,30,34)/t21-/m1/s1. The Labute approximate surface area is 212 Å². The molecule has 0 bridgehead atoms. The van der Waals surface area contributed by atoms with E-state index >= 15 is 0 Å². The van der Waals surface area contributed by atoms with E-state index in [2.05, 4.69) is 5.32 Å². The minimum absolute atomic E-state index is 0.0269. The number of rotatable bonds is 8. The lowest BCUT2D eigenvalue weighted by molar-refractivity contribution is 0.0779. The average Bonchev–Trinajstić information content (AvgIpc) is 3.47. The number of hydrogen-bond acceptors (Lipinski definition) is 4. The fourth-order valence-corrected chi connectivity index (χ4v) is 4.25. The summed E-state index contributed by atoms with van der Waals surface area (Å²) in [5, 5.41) is 7.89. The molecule has 0 unspecified atom stereocenters. The van der Waals surface area contributed by atoms with Crippen LogP contribution >= 0.6 is 0 Å². The molecule has 0 spiro atoms. The van der Waals surface area contributed by atoms with Gasteiger partial charge in [0.05, 0.1) is 29.6 Å². The largest absolute Gasteiger partial charge is 0.435 e. The molecule has 1 atom stereocenters. The average molecular weight is 495 g/mol. The van der Waals surface area contributed by atoms with Crippen molar-refractivity contribution in [3.8, 4) is 17.3 Å². The maximum Gasteiger partial charge on any atom is 0.318 e. The van der Waals surface area contributed by atoms with Crippen LogP contribution in [0.1, 0.15) is 51.8 Å². The zero-order valence-corrected chi connectivity index (χ0v) is 21.5. The Morgan fingerprint density at radius 2 is 1.92 bits per heavy atom. The molecule has 1 N–H and O–H groups in total. The van der Waals surface area contributed by atoms with Gasteiger partial charge < -0.3 is 19.7 Å². The van der Waals surface area contributed by atoms with Crippen molar-refractivity contribution in [3.63, 3.8) is 0 Å². The number of aromatic nitrogens is 2. The Bertz CT molecular complexity index is 1170. The first-order chi connectivity index (χ1) is 17.2. The minimum atomic E-state index is -0.469. The first-order valence-corrected chi connectivity index (χ1v) is 12.5. The molecule has 2 heterocycles. The van der Waals surface area contributed by atoms with Crippen LogP contribution in [0, 0.1) is 5.82 Å². The molecule has 1 aliphatic heterocycles. The van der Waals surface area contributed by atoms with Gasteiger partial charge in [-0.1, -0.05) is 37.3 Å². The third kappa shape index (κ3) is 6.23. The molecule has 7 nitrogen and oxygen atoms in total. The van der Waals surface area contributed by atoms with Gasteiger partial charge >= 0.3 is 6.03 Å². The summed E-state index contributed by atoms with van der Waals surface area (Å²) >= 11 is 0. The van der Waals surface area contributed by atoms with Crippen molar-refractivity contribution in [1.82, 2.24) is 20.0 Å². The number of hydrogen-bond donors (Lipinski definition) is 1. The predicted molar refractivity (Wildman–Crippen MR) is 137 cm³/mol. The summed E-state index contributed by atoms with van der Waals surface area (Å²) in [7, 11) is 0. The number of aryl methyl sites for hydroxylation is 1. The van der Waals surface area contributed by atoms with Crippen LogP contribution in [-0.4, -0.2) is 45.5 Å². The maximum atomic E-state index is 14.6. The number of nitrogens with zero attached hydrogens (tertiary/aromatic N) is 3. The lowest BCUT2D eigenvalue weighted by atomic mass is 10.1. The molecule has 0 radical (unpaired) electrons. The molecule has 1 aromatic heterocycles. The van der Waals surface area contributed by atoms with Crippen LogP contribution < -0.4 is 10.1 Å². The van der Waals surface area contributed by atoms with Gasteiger partial charge in [0.2, 0.25) is 5.88 Å². The Kier molecular flexibility index (Phi) is 7.94. The molecular formula is C28H35FN4O3. The molecule has 0 saturated carbocycles. The molecule has 8 heteroatoms. The first-order valence-electron chi connectivity index (χ1n) is 12.5. The molecule has 3 aromatic rings. The SMILES string of the molecule is CCc1nn(-c2ccccc2)c(Oc2ccccc2F)c1CN(C[C@H]1CCCO1)C(=O)NC(C)(C)C. The van der Waals surface area contributed by atoms with Gasteiger partial charge in [0.15, 0.2) is 11.6 Å². The summed E-state index contributed by atoms with van der Waals surface area (Å²) in [4.78, 5) is 15.1. The molecular weight excluding hydrogens is 459 g/mol. The summed E-state index contributed by atoms with van der Waals surface area (Å²) in [6.07, 6.45) is 2.48. The van der Waals surface area contributed by atoms with E-state index in [9.17, 15) is 9.18 Å². The zero-order chi connectivity index (χ0) is 25.7. The molecule has 4 rings (SSSR count). The second kappa shape index (κ2) is 11.1. The van der Waals surface area contributed by atoms with E-state index in [-0.39, 0.29) is 24.4 Å². The third-order valence-corrected chi connectivity index (χ3v) is 5.96. The lowest BCUT2D eigenvalue weighted by Crippen LogP contribution is -2.50. The Morgan fingerprint density at radius 3 is 2.56 bits per heavy atom. The van der Waals surface area contributed by atoms with E-state index in [1.807, 2.05) is 58.0 Å². The number of nitrogens with one attached hydrogen (secondary N) is 1. The molecule has 1 fully saturated rings. The van der Waals surface area contributed by atoms with Crippen LogP contribution in [0.15, 0.2) is 54.6 Å². The van der Waals surface area contributed by atoms with E-state index in [0.717, 1.165) is 29.8 Å². The van der Waals surface area contributed by atoms with Gasteiger partial charge in [-0.05, 0) is 64.3 Å². The molecule has 1 saturated heterocycles. The Hall–Kier alpha value is -3.39. The Balaban J connectivity index is 1.77. The zero-order valence-electron chi connectivity index (χ0n) is 21.5.